The van der Waals surface area contributed by atoms with E-state index in [0.29, 0.717) is 10.5 Å². The smallest absolute Gasteiger partial charge is 0.182 e. The minimum atomic E-state index is -1.07. The van der Waals surface area contributed by atoms with Crippen molar-refractivity contribution in [3.8, 4) is 0 Å². The Balaban J connectivity index is 4.15. The molecule has 0 bridgehead atoms. The minimum absolute atomic E-state index is 0.0190. The van der Waals surface area contributed by atoms with Crippen LogP contribution < -0.4 is 16.6 Å². The van der Waals surface area contributed by atoms with Crippen LogP contribution in [-0.2, 0) is 4.43 Å². The second-order valence-corrected chi connectivity index (χ2v) is 8.17. The van der Waals surface area contributed by atoms with Crippen LogP contribution in [0.15, 0.2) is 0 Å². The van der Waals surface area contributed by atoms with Gasteiger partial charge in [-0.2, -0.15) is 0 Å². The standard InChI is InChI=1S/C10H25N3OSSi/c1-10(2,3)7-6-8(14-16(4)5)12-9(15)13-11/h8,16H,6-7,11H2,1-5H3,(H2,12,13,15). The molecule has 0 aromatic carbocycles. The fraction of sp³-hybridized carbons (Fsp3) is 0.900. The minimum Gasteiger partial charge on any atom is -0.401 e. The largest absolute Gasteiger partial charge is 0.401 e. The molecule has 0 rings (SSSR count). The second kappa shape index (κ2) is 7.21. The normalized spacial score (nSPS) is 13.7. The van der Waals surface area contributed by atoms with E-state index in [1.165, 1.54) is 0 Å². The van der Waals surface area contributed by atoms with E-state index in [4.69, 9.17) is 22.5 Å². The SMILES string of the molecule is C[SiH](C)OC(CCC(C)(C)C)NC(=S)NN. The fourth-order valence-electron chi connectivity index (χ4n) is 1.25. The van der Waals surface area contributed by atoms with Crippen LogP contribution in [-0.4, -0.2) is 20.4 Å². The molecule has 0 radical (unpaired) electrons. The van der Waals surface area contributed by atoms with Crippen LogP contribution in [0.3, 0.4) is 0 Å². The lowest BCUT2D eigenvalue weighted by Crippen LogP contribution is -2.47. The predicted molar refractivity (Wildman–Crippen MR) is 75.5 cm³/mol. The summed E-state index contributed by atoms with van der Waals surface area (Å²) >= 11 is 4.98. The third-order valence-corrected chi connectivity index (χ3v) is 3.12. The number of hydrogen-bond acceptors (Lipinski definition) is 3. The molecule has 1 unspecified atom stereocenters. The highest BCUT2D eigenvalue weighted by molar-refractivity contribution is 7.80. The average Bonchev–Trinajstić information content (AvgIpc) is 2.12. The van der Waals surface area contributed by atoms with Gasteiger partial charge in [-0.15, -0.1) is 0 Å². The van der Waals surface area contributed by atoms with Crippen LogP contribution in [0.4, 0.5) is 0 Å². The maximum atomic E-state index is 5.86. The second-order valence-electron chi connectivity index (χ2n) is 5.39. The van der Waals surface area contributed by atoms with Gasteiger partial charge in [0.15, 0.2) is 14.2 Å². The summed E-state index contributed by atoms with van der Waals surface area (Å²) < 4.78 is 5.86. The molecule has 96 valence electrons. The highest BCUT2D eigenvalue weighted by atomic mass is 32.1. The summed E-state index contributed by atoms with van der Waals surface area (Å²) in [5, 5.41) is 3.52. The van der Waals surface area contributed by atoms with Gasteiger partial charge in [0.2, 0.25) is 0 Å². The van der Waals surface area contributed by atoms with E-state index in [1.807, 2.05) is 0 Å². The van der Waals surface area contributed by atoms with Gasteiger partial charge < -0.3 is 15.2 Å². The third-order valence-electron chi connectivity index (χ3n) is 2.02. The van der Waals surface area contributed by atoms with Gasteiger partial charge >= 0.3 is 0 Å². The summed E-state index contributed by atoms with van der Waals surface area (Å²) in [6, 6.07) is 0. The molecule has 0 amide bonds. The van der Waals surface area contributed by atoms with Crippen LogP contribution in [0.5, 0.6) is 0 Å². The Morgan fingerprint density at radius 2 is 2.00 bits per heavy atom. The highest BCUT2D eigenvalue weighted by Gasteiger charge is 2.17. The molecule has 0 heterocycles. The lowest BCUT2D eigenvalue weighted by molar-refractivity contribution is 0.157. The van der Waals surface area contributed by atoms with Crippen LogP contribution in [0.25, 0.3) is 0 Å². The van der Waals surface area contributed by atoms with Crippen LogP contribution in [0.2, 0.25) is 13.1 Å². The van der Waals surface area contributed by atoms with Crippen molar-refractivity contribution in [1.29, 1.82) is 0 Å². The molecule has 0 fully saturated rings. The van der Waals surface area contributed by atoms with E-state index in [1.54, 1.807) is 0 Å². The van der Waals surface area contributed by atoms with Crippen molar-refractivity contribution >= 4 is 26.4 Å². The number of hydrogen-bond donors (Lipinski definition) is 3. The first-order chi connectivity index (χ1) is 7.24. The maximum absolute atomic E-state index is 5.86. The van der Waals surface area contributed by atoms with E-state index >= 15 is 0 Å². The Morgan fingerprint density at radius 3 is 2.38 bits per heavy atom. The first kappa shape index (κ1) is 15.8. The molecule has 0 aliphatic rings. The summed E-state index contributed by atoms with van der Waals surface area (Å²) in [5.74, 6) is 5.24. The molecule has 6 heteroatoms. The molecule has 0 saturated carbocycles. The Morgan fingerprint density at radius 1 is 1.44 bits per heavy atom. The summed E-state index contributed by atoms with van der Waals surface area (Å²) in [7, 11) is -1.07. The number of rotatable bonds is 5. The Labute approximate surface area is 106 Å². The van der Waals surface area contributed by atoms with Gasteiger partial charge in [0.05, 0.1) is 0 Å². The molecule has 0 aromatic heterocycles. The Bertz CT molecular complexity index is 219. The zero-order chi connectivity index (χ0) is 12.8. The topological polar surface area (TPSA) is 59.3 Å². The van der Waals surface area contributed by atoms with Gasteiger partial charge in [-0.1, -0.05) is 20.8 Å². The number of nitrogens with one attached hydrogen (secondary N) is 2. The maximum Gasteiger partial charge on any atom is 0.182 e. The van der Waals surface area contributed by atoms with Gasteiger partial charge in [0.1, 0.15) is 6.23 Å². The van der Waals surface area contributed by atoms with Gasteiger partial charge in [-0.3, -0.25) is 0 Å². The molecule has 4 N–H and O–H groups in total. The zero-order valence-electron chi connectivity index (χ0n) is 11.0. The van der Waals surface area contributed by atoms with E-state index < -0.39 is 9.04 Å². The highest BCUT2D eigenvalue weighted by Crippen LogP contribution is 2.22. The van der Waals surface area contributed by atoms with Gasteiger partial charge in [0, 0.05) is 0 Å². The Kier molecular flexibility index (Phi) is 7.13. The average molecular weight is 263 g/mol. The molecule has 1 atom stereocenters. The molecular formula is C10H25N3OSSi. The van der Waals surface area contributed by atoms with Crippen LogP contribution in [0.1, 0.15) is 33.6 Å². The predicted octanol–water partition coefficient (Wildman–Crippen LogP) is 1.48. The molecule has 0 aromatic rings. The van der Waals surface area contributed by atoms with E-state index in [-0.39, 0.29) is 6.23 Å². The molecule has 16 heavy (non-hydrogen) atoms. The van der Waals surface area contributed by atoms with Crippen molar-refractivity contribution in [1.82, 2.24) is 10.7 Å². The van der Waals surface area contributed by atoms with Crippen molar-refractivity contribution in [2.45, 2.75) is 52.9 Å². The molecule has 0 saturated heterocycles. The summed E-state index contributed by atoms with van der Waals surface area (Å²) in [4.78, 5) is 0. The lowest BCUT2D eigenvalue weighted by Gasteiger charge is -2.26. The van der Waals surface area contributed by atoms with Crippen molar-refractivity contribution in [2.24, 2.45) is 11.3 Å². The molecule has 0 aliphatic heterocycles. The van der Waals surface area contributed by atoms with E-state index in [9.17, 15) is 0 Å². The molecule has 4 nitrogen and oxygen atoms in total. The van der Waals surface area contributed by atoms with Crippen molar-refractivity contribution < 1.29 is 4.43 Å². The number of thiocarbonyl (C=S) groups is 1. The summed E-state index contributed by atoms with van der Waals surface area (Å²) in [6.45, 7) is 10.9. The van der Waals surface area contributed by atoms with Crippen LogP contribution in [0, 0.1) is 5.41 Å². The van der Waals surface area contributed by atoms with Crippen molar-refractivity contribution in [2.75, 3.05) is 0 Å². The Hall–Kier alpha value is -0.173. The lowest BCUT2D eigenvalue weighted by atomic mass is 9.90. The van der Waals surface area contributed by atoms with Gasteiger partial charge in [-0.25, -0.2) is 5.84 Å². The van der Waals surface area contributed by atoms with Gasteiger partial charge in [-0.05, 0) is 43.6 Å². The first-order valence-electron chi connectivity index (χ1n) is 5.67. The van der Waals surface area contributed by atoms with E-state index in [0.717, 1.165) is 12.8 Å². The van der Waals surface area contributed by atoms with Crippen molar-refractivity contribution in [3.63, 3.8) is 0 Å². The quantitative estimate of drug-likeness (QED) is 0.231. The van der Waals surface area contributed by atoms with Gasteiger partial charge in [0.25, 0.3) is 0 Å². The first-order valence-corrected chi connectivity index (χ1v) is 8.86. The summed E-state index contributed by atoms with van der Waals surface area (Å²) in [5.41, 5.74) is 2.73. The third kappa shape index (κ3) is 9.08. The number of hydrazine groups is 1. The summed E-state index contributed by atoms with van der Waals surface area (Å²) in [6.07, 6.45) is 2.00. The molecule has 0 aliphatic carbocycles. The van der Waals surface area contributed by atoms with Crippen molar-refractivity contribution in [3.05, 3.63) is 0 Å². The monoisotopic (exact) mass is 263 g/mol. The zero-order valence-corrected chi connectivity index (χ0v) is 12.9. The fourth-order valence-corrected chi connectivity index (χ4v) is 2.25. The number of nitrogens with two attached hydrogens (primary N) is 1. The van der Waals surface area contributed by atoms with Crippen LogP contribution >= 0.6 is 12.2 Å². The molecular weight excluding hydrogens is 238 g/mol. The van der Waals surface area contributed by atoms with E-state index in [2.05, 4.69) is 44.6 Å². The molecule has 0 spiro atoms.